The van der Waals surface area contributed by atoms with E-state index in [1.807, 2.05) is 0 Å². The smallest absolute Gasteiger partial charge is 0.450 e. The lowest BCUT2D eigenvalue weighted by molar-refractivity contribution is -0.335. The summed E-state index contributed by atoms with van der Waals surface area (Å²) in [5, 5.41) is 0. The van der Waals surface area contributed by atoms with Crippen molar-refractivity contribution < 1.29 is 63.0 Å². The van der Waals surface area contributed by atoms with Crippen LogP contribution in [-0.2, 0) is 19.1 Å². The Hall–Kier alpha value is -2.02. The third kappa shape index (κ3) is 5.28. The van der Waals surface area contributed by atoms with E-state index in [4.69, 9.17) is 0 Å². The molecule has 0 amide bonds. The average molecular weight is 436 g/mol. The van der Waals surface area contributed by atoms with E-state index < -0.39 is 47.3 Å². The lowest BCUT2D eigenvalue weighted by Crippen LogP contribution is -2.55. The molecule has 0 aromatic heterocycles. The first kappa shape index (κ1) is 26.0. The van der Waals surface area contributed by atoms with E-state index in [-0.39, 0.29) is 39.8 Å². The number of ether oxygens (including phenoxy) is 2. The van der Waals surface area contributed by atoms with Crippen molar-refractivity contribution in [2.24, 2.45) is 0 Å². The lowest BCUT2D eigenvalue weighted by Gasteiger charge is -2.34. The Labute approximate surface area is 151 Å². The predicted molar refractivity (Wildman–Crippen MR) is 71.5 cm³/mol. The highest BCUT2D eigenvalue weighted by Gasteiger charge is 2.69. The zero-order chi connectivity index (χ0) is 23.0. The minimum Gasteiger partial charge on any atom is -0.450 e. The number of esters is 2. The Morgan fingerprint density at radius 2 is 0.786 bits per heavy atom. The predicted octanol–water partition coefficient (Wildman–Crippen LogP) is 4.58. The van der Waals surface area contributed by atoms with E-state index in [1.165, 1.54) is 0 Å². The van der Waals surface area contributed by atoms with Gasteiger partial charge in [-0.15, -0.1) is 0 Å². The number of halogens is 10. The van der Waals surface area contributed by atoms with Gasteiger partial charge in [0.1, 0.15) is 0 Å². The molecule has 0 saturated heterocycles. The molecule has 0 rings (SSSR count). The summed E-state index contributed by atoms with van der Waals surface area (Å²) in [6, 6.07) is 0. The van der Waals surface area contributed by atoms with Crippen molar-refractivity contribution in [1.82, 2.24) is 0 Å². The fraction of sp³-hybridized carbons (Fsp3) is 0.714. The van der Waals surface area contributed by atoms with Crippen LogP contribution in [0, 0.1) is 0 Å². The van der Waals surface area contributed by atoms with Gasteiger partial charge in [0.25, 0.3) is 0 Å². The van der Waals surface area contributed by atoms with E-state index in [0.717, 1.165) is 0 Å². The SMILES string of the molecule is CC(C)(OC(=O)/C=C/C(=O)OC(C)(C)C(F)(F)C(F)(F)F)C(F)(F)C(F)(F)F. The van der Waals surface area contributed by atoms with Crippen LogP contribution in [0.15, 0.2) is 12.2 Å². The zero-order valence-corrected chi connectivity index (χ0v) is 14.6. The monoisotopic (exact) mass is 436 g/mol. The zero-order valence-electron chi connectivity index (χ0n) is 14.6. The molecule has 0 atom stereocenters. The van der Waals surface area contributed by atoms with Crippen molar-refractivity contribution in [3.05, 3.63) is 12.2 Å². The molecule has 14 heteroatoms. The quantitative estimate of drug-likeness (QED) is 0.348. The van der Waals surface area contributed by atoms with Gasteiger partial charge in [0, 0.05) is 12.2 Å². The van der Waals surface area contributed by atoms with Gasteiger partial charge in [-0.05, 0) is 27.7 Å². The van der Waals surface area contributed by atoms with Gasteiger partial charge in [-0.1, -0.05) is 0 Å². The van der Waals surface area contributed by atoms with E-state index in [2.05, 4.69) is 9.47 Å². The van der Waals surface area contributed by atoms with E-state index in [0.29, 0.717) is 0 Å². The maximum Gasteiger partial charge on any atom is 0.457 e. The number of hydrogen-bond donors (Lipinski definition) is 0. The molecule has 0 radical (unpaired) electrons. The first-order chi connectivity index (χ1) is 12.0. The van der Waals surface area contributed by atoms with Gasteiger partial charge in [-0.25, -0.2) is 9.59 Å². The van der Waals surface area contributed by atoms with Crippen LogP contribution in [-0.4, -0.2) is 47.3 Å². The number of carbonyl (C=O) groups is 2. The summed E-state index contributed by atoms with van der Waals surface area (Å²) in [5.41, 5.74) is -6.86. The number of carbonyl (C=O) groups excluding carboxylic acids is 2. The molecule has 0 bridgehead atoms. The molecule has 164 valence electrons. The Morgan fingerprint density at radius 1 is 0.571 bits per heavy atom. The second-order valence-electron chi connectivity index (χ2n) is 6.34. The Kier molecular flexibility index (Phi) is 6.89. The Morgan fingerprint density at radius 3 is 0.964 bits per heavy atom. The Bertz CT molecular complexity index is 575. The van der Waals surface area contributed by atoms with Crippen molar-refractivity contribution in [2.45, 2.75) is 63.1 Å². The van der Waals surface area contributed by atoms with Gasteiger partial charge in [0.05, 0.1) is 0 Å². The summed E-state index contributed by atoms with van der Waals surface area (Å²) in [4.78, 5) is 22.6. The van der Waals surface area contributed by atoms with Gasteiger partial charge < -0.3 is 9.47 Å². The molecular formula is C14H14F10O4. The van der Waals surface area contributed by atoms with Crippen LogP contribution in [0.3, 0.4) is 0 Å². The topological polar surface area (TPSA) is 52.6 Å². The molecule has 0 aliphatic heterocycles. The first-order valence-electron chi connectivity index (χ1n) is 7.03. The van der Waals surface area contributed by atoms with Crippen LogP contribution < -0.4 is 0 Å². The van der Waals surface area contributed by atoms with Crippen LogP contribution in [0.1, 0.15) is 27.7 Å². The molecule has 0 aliphatic carbocycles. The first-order valence-corrected chi connectivity index (χ1v) is 7.03. The van der Waals surface area contributed by atoms with E-state index >= 15 is 0 Å². The summed E-state index contributed by atoms with van der Waals surface area (Å²) in [6.07, 6.45) is -12.3. The third-order valence-electron chi connectivity index (χ3n) is 3.29. The van der Waals surface area contributed by atoms with Gasteiger partial charge >= 0.3 is 36.1 Å². The molecule has 4 nitrogen and oxygen atoms in total. The average Bonchev–Trinajstić information content (AvgIpc) is 2.41. The highest BCUT2D eigenvalue weighted by molar-refractivity contribution is 5.92. The minimum atomic E-state index is -6.09. The molecule has 0 N–H and O–H groups in total. The van der Waals surface area contributed by atoms with Crippen LogP contribution in [0.2, 0.25) is 0 Å². The maximum atomic E-state index is 13.2. The van der Waals surface area contributed by atoms with Gasteiger partial charge in [0.2, 0.25) is 0 Å². The third-order valence-corrected chi connectivity index (χ3v) is 3.29. The van der Waals surface area contributed by atoms with E-state index in [1.54, 1.807) is 0 Å². The van der Waals surface area contributed by atoms with Crippen molar-refractivity contribution >= 4 is 11.9 Å². The molecule has 0 aromatic rings. The van der Waals surface area contributed by atoms with Gasteiger partial charge in [-0.2, -0.15) is 43.9 Å². The van der Waals surface area contributed by atoms with Crippen molar-refractivity contribution in [2.75, 3.05) is 0 Å². The van der Waals surface area contributed by atoms with E-state index in [9.17, 15) is 53.5 Å². The molecule has 0 fully saturated rings. The normalized spacial score (nSPS) is 14.9. The van der Waals surface area contributed by atoms with Crippen molar-refractivity contribution in [3.8, 4) is 0 Å². The number of alkyl halides is 10. The standard InChI is InChI=1S/C14H14F10O4/c1-9(2,11(15,16)13(19,20)21)27-7(25)5-6-8(26)28-10(3,4)12(17,18)14(22,23)24/h5-6H,1-4H3/b6-5+. The fourth-order valence-electron chi connectivity index (χ4n) is 1.52. The minimum absolute atomic E-state index is 0.0711. The summed E-state index contributed by atoms with van der Waals surface area (Å²) < 4.78 is 134. The molecule has 0 saturated carbocycles. The summed E-state index contributed by atoms with van der Waals surface area (Å²) in [5.74, 6) is -14.9. The van der Waals surface area contributed by atoms with Crippen LogP contribution >= 0.6 is 0 Å². The van der Waals surface area contributed by atoms with Crippen LogP contribution in [0.5, 0.6) is 0 Å². The highest BCUT2D eigenvalue weighted by atomic mass is 19.4. The van der Waals surface area contributed by atoms with Crippen molar-refractivity contribution in [3.63, 3.8) is 0 Å². The largest absolute Gasteiger partial charge is 0.457 e. The molecule has 28 heavy (non-hydrogen) atoms. The highest BCUT2D eigenvalue weighted by Crippen LogP contribution is 2.46. The summed E-state index contributed by atoms with van der Waals surface area (Å²) >= 11 is 0. The number of hydrogen-bond acceptors (Lipinski definition) is 4. The molecule has 0 spiro atoms. The van der Waals surface area contributed by atoms with Gasteiger partial charge in [-0.3, -0.25) is 0 Å². The summed E-state index contributed by atoms with van der Waals surface area (Å²) in [7, 11) is 0. The molecule has 0 aromatic carbocycles. The number of rotatable bonds is 6. The molecule has 0 heterocycles. The summed E-state index contributed by atoms with van der Waals surface area (Å²) in [6.45, 7) is 0.824. The lowest BCUT2D eigenvalue weighted by atomic mass is 9.99. The van der Waals surface area contributed by atoms with Crippen LogP contribution in [0.25, 0.3) is 0 Å². The fourth-order valence-corrected chi connectivity index (χ4v) is 1.52. The Balaban J connectivity index is 5.22. The van der Waals surface area contributed by atoms with Crippen LogP contribution in [0.4, 0.5) is 43.9 Å². The second-order valence-corrected chi connectivity index (χ2v) is 6.34. The molecular weight excluding hydrogens is 422 g/mol. The van der Waals surface area contributed by atoms with Gasteiger partial charge in [0.15, 0.2) is 11.2 Å². The molecule has 0 aliphatic rings. The second kappa shape index (κ2) is 7.43. The molecule has 0 unspecified atom stereocenters. The maximum absolute atomic E-state index is 13.2. The van der Waals surface area contributed by atoms with Crippen molar-refractivity contribution in [1.29, 1.82) is 0 Å².